The van der Waals surface area contributed by atoms with E-state index < -0.39 is 23.2 Å². The lowest BCUT2D eigenvalue weighted by Crippen LogP contribution is -2.16. The average Bonchev–Trinajstić information content (AvgIpc) is 2.15. The first-order chi connectivity index (χ1) is 6.60. The van der Waals surface area contributed by atoms with E-state index in [0.29, 0.717) is 0 Å². The molecule has 0 saturated carbocycles. The normalized spacial score (nSPS) is 10.6. The Balaban J connectivity index is 3.48. The number of carbonyl (C=O) groups excluding carboxylic acids is 1. The van der Waals surface area contributed by atoms with E-state index in [2.05, 4.69) is 0 Å². The Labute approximate surface area is 77.7 Å². The summed E-state index contributed by atoms with van der Waals surface area (Å²) in [5.74, 6) is 0. The number of H-pyrrole nitrogens is 1. The summed E-state index contributed by atoms with van der Waals surface area (Å²) in [6, 6.07) is 0.967. The number of rotatable bonds is 3. The number of aromatic amines is 1. The van der Waals surface area contributed by atoms with Gasteiger partial charge in [-0.05, 0) is 5.56 Å². The van der Waals surface area contributed by atoms with Crippen LogP contribution in [0.5, 0.6) is 0 Å². The van der Waals surface area contributed by atoms with Gasteiger partial charge in [0.1, 0.15) is 0 Å². The Bertz CT molecular complexity index is 401. The molecule has 76 valence electrons. The van der Waals surface area contributed by atoms with Gasteiger partial charge < -0.3 is 10.7 Å². The van der Waals surface area contributed by atoms with Crippen molar-refractivity contribution in [3.05, 3.63) is 33.2 Å². The van der Waals surface area contributed by atoms with E-state index in [9.17, 15) is 18.4 Å². The number of nitrogens with one attached hydrogen (secondary N) is 1. The van der Waals surface area contributed by atoms with Crippen molar-refractivity contribution >= 4 is 6.29 Å². The second-order valence-corrected chi connectivity index (χ2v) is 2.61. The van der Waals surface area contributed by atoms with Crippen molar-refractivity contribution in [1.29, 1.82) is 0 Å². The molecule has 0 aliphatic carbocycles. The maximum absolute atomic E-state index is 12.5. The van der Waals surface area contributed by atoms with Crippen molar-refractivity contribution < 1.29 is 13.6 Å². The third-order valence-corrected chi connectivity index (χ3v) is 1.76. The monoisotopic (exact) mass is 202 g/mol. The van der Waals surface area contributed by atoms with Gasteiger partial charge in [0.2, 0.25) is 5.56 Å². The van der Waals surface area contributed by atoms with Crippen LogP contribution in [0.1, 0.15) is 28.0 Å². The Morgan fingerprint density at radius 3 is 2.64 bits per heavy atom. The van der Waals surface area contributed by atoms with E-state index in [0.717, 1.165) is 6.07 Å². The van der Waals surface area contributed by atoms with Crippen molar-refractivity contribution in [2.24, 2.45) is 5.73 Å². The summed E-state index contributed by atoms with van der Waals surface area (Å²) in [4.78, 5) is 23.3. The number of carbonyl (C=O) groups is 1. The summed E-state index contributed by atoms with van der Waals surface area (Å²) in [6.07, 6.45) is -2.65. The number of alkyl halides is 2. The van der Waals surface area contributed by atoms with Crippen LogP contribution in [0, 0.1) is 0 Å². The molecule has 0 bridgehead atoms. The maximum Gasteiger partial charge on any atom is 0.266 e. The average molecular weight is 202 g/mol. The Hall–Kier alpha value is -1.56. The molecule has 0 radical (unpaired) electrons. The number of aldehydes is 1. The predicted octanol–water partition coefficient (Wildman–Crippen LogP) is 0.584. The highest BCUT2D eigenvalue weighted by atomic mass is 19.3. The second kappa shape index (κ2) is 4.10. The highest BCUT2D eigenvalue weighted by Gasteiger charge is 2.18. The molecule has 0 saturated heterocycles. The van der Waals surface area contributed by atoms with Gasteiger partial charge in [0.05, 0.1) is 5.69 Å². The van der Waals surface area contributed by atoms with Crippen LogP contribution in [0.3, 0.4) is 0 Å². The maximum atomic E-state index is 12.5. The summed E-state index contributed by atoms with van der Waals surface area (Å²) < 4.78 is 24.9. The highest BCUT2D eigenvalue weighted by Crippen LogP contribution is 2.23. The molecule has 14 heavy (non-hydrogen) atoms. The van der Waals surface area contributed by atoms with E-state index in [1.165, 1.54) is 0 Å². The Morgan fingerprint density at radius 2 is 2.21 bits per heavy atom. The summed E-state index contributed by atoms with van der Waals surface area (Å²) in [7, 11) is 0. The zero-order valence-corrected chi connectivity index (χ0v) is 7.09. The fourth-order valence-corrected chi connectivity index (χ4v) is 1.16. The van der Waals surface area contributed by atoms with Gasteiger partial charge in [-0.25, -0.2) is 8.78 Å². The van der Waals surface area contributed by atoms with Crippen LogP contribution in [-0.2, 0) is 6.54 Å². The van der Waals surface area contributed by atoms with Crippen molar-refractivity contribution in [1.82, 2.24) is 4.98 Å². The molecule has 4 nitrogen and oxygen atoms in total. The van der Waals surface area contributed by atoms with Crippen LogP contribution >= 0.6 is 0 Å². The van der Waals surface area contributed by atoms with E-state index in [1.54, 1.807) is 0 Å². The lowest BCUT2D eigenvalue weighted by atomic mass is 10.1. The number of pyridine rings is 1. The molecule has 1 aromatic rings. The van der Waals surface area contributed by atoms with Crippen molar-refractivity contribution in [3.63, 3.8) is 0 Å². The number of nitrogens with two attached hydrogens (primary N) is 1. The molecule has 0 amide bonds. The smallest absolute Gasteiger partial charge is 0.266 e. The van der Waals surface area contributed by atoms with Crippen molar-refractivity contribution in [3.8, 4) is 0 Å². The third-order valence-electron chi connectivity index (χ3n) is 1.76. The van der Waals surface area contributed by atoms with Gasteiger partial charge in [-0.2, -0.15) is 0 Å². The quantitative estimate of drug-likeness (QED) is 0.704. The first kappa shape index (κ1) is 10.5. The van der Waals surface area contributed by atoms with Crippen LogP contribution < -0.4 is 11.3 Å². The molecule has 0 atom stereocenters. The standard InChI is InChI=1S/C8H8F2N2O2/c9-8(10)7-4(2-11)1-6(14)12-5(7)3-13/h1,3,8H,2,11H2,(H,12,14). The number of halogens is 2. The summed E-state index contributed by atoms with van der Waals surface area (Å²) in [6.45, 7) is -0.204. The Morgan fingerprint density at radius 1 is 1.57 bits per heavy atom. The SMILES string of the molecule is NCc1cc(=O)[nH]c(C=O)c1C(F)F. The lowest BCUT2D eigenvalue weighted by molar-refractivity contribution is 0.110. The zero-order chi connectivity index (χ0) is 10.7. The number of hydrogen-bond donors (Lipinski definition) is 2. The fraction of sp³-hybridized carbons (Fsp3) is 0.250. The van der Waals surface area contributed by atoms with Crippen LogP contribution in [0.15, 0.2) is 10.9 Å². The van der Waals surface area contributed by atoms with E-state index in [1.807, 2.05) is 4.98 Å². The van der Waals surface area contributed by atoms with Crippen LogP contribution in [0.4, 0.5) is 8.78 Å². The molecule has 0 aromatic carbocycles. The molecule has 3 N–H and O–H groups in total. The van der Waals surface area contributed by atoms with Gasteiger partial charge in [0.15, 0.2) is 6.29 Å². The van der Waals surface area contributed by atoms with Gasteiger partial charge in [-0.3, -0.25) is 9.59 Å². The molecule has 0 unspecified atom stereocenters. The topological polar surface area (TPSA) is 76.0 Å². The molecule has 1 heterocycles. The van der Waals surface area contributed by atoms with Gasteiger partial charge in [-0.1, -0.05) is 0 Å². The second-order valence-electron chi connectivity index (χ2n) is 2.61. The summed E-state index contributed by atoms with van der Waals surface area (Å²) >= 11 is 0. The first-order valence-corrected chi connectivity index (χ1v) is 3.79. The third kappa shape index (κ3) is 1.85. The molecule has 0 aliphatic heterocycles. The zero-order valence-electron chi connectivity index (χ0n) is 7.09. The predicted molar refractivity (Wildman–Crippen MR) is 45.3 cm³/mol. The van der Waals surface area contributed by atoms with E-state index >= 15 is 0 Å². The van der Waals surface area contributed by atoms with Gasteiger partial charge in [0.25, 0.3) is 6.43 Å². The van der Waals surface area contributed by atoms with Crippen molar-refractivity contribution in [2.45, 2.75) is 13.0 Å². The van der Waals surface area contributed by atoms with E-state index in [-0.39, 0.29) is 18.4 Å². The number of aromatic nitrogens is 1. The van der Waals surface area contributed by atoms with Gasteiger partial charge in [0, 0.05) is 18.2 Å². The molecule has 0 aliphatic rings. The van der Waals surface area contributed by atoms with E-state index in [4.69, 9.17) is 5.73 Å². The minimum atomic E-state index is -2.83. The van der Waals surface area contributed by atoms with Crippen LogP contribution in [-0.4, -0.2) is 11.3 Å². The summed E-state index contributed by atoms with van der Waals surface area (Å²) in [5, 5.41) is 0. The molecular weight excluding hydrogens is 194 g/mol. The van der Waals surface area contributed by atoms with Crippen LogP contribution in [0.2, 0.25) is 0 Å². The molecule has 0 spiro atoms. The largest absolute Gasteiger partial charge is 0.326 e. The Kier molecular flexibility index (Phi) is 3.08. The molecule has 1 aromatic heterocycles. The van der Waals surface area contributed by atoms with Gasteiger partial charge in [-0.15, -0.1) is 0 Å². The van der Waals surface area contributed by atoms with Crippen molar-refractivity contribution in [2.75, 3.05) is 0 Å². The molecule has 1 rings (SSSR count). The first-order valence-electron chi connectivity index (χ1n) is 3.79. The van der Waals surface area contributed by atoms with Gasteiger partial charge >= 0.3 is 0 Å². The van der Waals surface area contributed by atoms with Crippen LogP contribution in [0.25, 0.3) is 0 Å². The molecule has 0 fully saturated rings. The minimum absolute atomic E-state index is 0.00847. The fourth-order valence-electron chi connectivity index (χ4n) is 1.16. The lowest BCUT2D eigenvalue weighted by Gasteiger charge is -2.08. The summed E-state index contributed by atoms with van der Waals surface area (Å²) in [5.41, 5.74) is 3.65. The molecule has 6 heteroatoms. The minimum Gasteiger partial charge on any atom is -0.326 e. The highest BCUT2D eigenvalue weighted by molar-refractivity contribution is 5.75. The molecular formula is C8H8F2N2O2. The number of hydrogen-bond acceptors (Lipinski definition) is 3.